The van der Waals surface area contributed by atoms with Crippen molar-refractivity contribution >= 4 is 40.3 Å². The number of carbonyl (C=O) groups excluding carboxylic acids is 1. The molecule has 1 N–H and O–H groups in total. The van der Waals surface area contributed by atoms with E-state index in [1.54, 1.807) is 30.3 Å². The molecule has 3 nitrogen and oxygen atoms in total. The van der Waals surface area contributed by atoms with Crippen molar-refractivity contribution in [2.24, 2.45) is 0 Å². The molecule has 1 amide bonds. The van der Waals surface area contributed by atoms with Crippen LogP contribution >= 0.6 is 24.0 Å². The first kappa shape index (κ1) is 13.1. The molecule has 1 aromatic carbocycles. The average molecular weight is 305 g/mol. The maximum atomic E-state index is 12.9. The second-order valence-corrected chi connectivity index (χ2v) is 5.78. The van der Waals surface area contributed by atoms with Gasteiger partial charge in [0.15, 0.2) is 0 Å². The van der Waals surface area contributed by atoms with Crippen LogP contribution in [0.4, 0.5) is 4.39 Å². The van der Waals surface area contributed by atoms with Crippen LogP contribution in [-0.2, 0) is 4.79 Å². The SMILES string of the molecule is O=C1NC(=S)S/C1=C\c1ccc(-c2ccc(F)cc2)o1. The van der Waals surface area contributed by atoms with E-state index in [2.05, 4.69) is 5.32 Å². The normalized spacial score (nSPS) is 16.8. The molecular weight excluding hydrogens is 297 g/mol. The summed E-state index contributed by atoms with van der Waals surface area (Å²) in [4.78, 5) is 12.0. The lowest BCUT2D eigenvalue weighted by molar-refractivity contribution is -0.115. The van der Waals surface area contributed by atoms with E-state index in [1.165, 1.54) is 23.9 Å². The summed E-state index contributed by atoms with van der Waals surface area (Å²) in [5.41, 5.74) is 0.773. The van der Waals surface area contributed by atoms with Gasteiger partial charge in [0, 0.05) is 11.6 Å². The lowest BCUT2D eigenvalue weighted by atomic mass is 10.2. The number of carbonyl (C=O) groups is 1. The molecule has 1 saturated heterocycles. The first-order valence-electron chi connectivity index (χ1n) is 5.72. The molecule has 1 fully saturated rings. The predicted octanol–water partition coefficient (Wildman–Crippen LogP) is 3.57. The second kappa shape index (κ2) is 5.22. The molecule has 2 heterocycles. The molecular formula is C14H8FNO2S2. The van der Waals surface area contributed by atoms with Crippen LogP contribution in [0.2, 0.25) is 0 Å². The first-order chi connectivity index (χ1) is 9.61. The van der Waals surface area contributed by atoms with Gasteiger partial charge in [0.25, 0.3) is 5.91 Å². The van der Waals surface area contributed by atoms with Crippen LogP contribution in [0.15, 0.2) is 45.7 Å². The Hall–Kier alpha value is -1.92. The monoisotopic (exact) mass is 305 g/mol. The second-order valence-electron chi connectivity index (χ2n) is 4.06. The first-order valence-corrected chi connectivity index (χ1v) is 6.95. The molecule has 3 rings (SSSR count). The summed E-state index contributed by atoms with van der Waals surface area (Å²) in [5, 5.41) is 2.54. The number of amides is 1. The van der Waals surface area contributed by atoms with Gasteiger partial charge in [-0.1, -0.05) is 24.0 Å². The maximum absolute atomic E-state index is 12.9. The number of benzene rings is 1. The number of hydrogen-bond donors (Lipinski definition) is 1. The van der Waals surface area contributed by atoms with Gasteiger partial charge in [-0.25, -0.2) is 4.39 Å². The Labute approximate surface area is 123 Å². The Bertz CT molecular complexity index is 719. The molecule has 20 heavy (non-hydrogen) atoms. The van der Waals surface area contributed by atoms with Gasteiger partial charge in [-0.15, -0.1) is 0 Å². The molecule has 0 spiro atoms. The van der Waals surface area contributed by atoms with E-state index in [4.69, 9.17) is 16.6 Å². The fourth-order valence-corrected chi connectivity index (χ4v) is 2.77. The summed E-state index contributed by atoms with van der Waals surface area (Å²) < 4.78 is 18.9. The minimum atomic E-state index is -0.296. The summed E-state index contributed by atoms with van der Waals surface area (Å²) >= 11 is 6.11. The summed E-state index contributed by atoms with van der Waals surface area (Å²) in [7, 11) is 0. The van der Waals surface area contributed by atoms with E-state index in [0.29, 0.717) is 20.7 Å². The molecule has 0 atom stereocenters. The quantitative estimate of drug-likeness (QED) is 0.680. The van der Waals surface area contributed by atoms with Crippen molar-refractivity contribution in [3.05, 3.63) is 52.9 Å². The Balaban J connectivity index is 1.87. The number of nitrogens with one attached hydrogen (secondary N) is 1. The highest BCUT2D eigenvalue weighted by Gasteiger charge is 2.22. The van der Waals surface area contributed by atoms with Gasteiger partial charge < -0.3 is 9.73 Å². The molecule has 0 saturated carbocycles. The number of thiocarbonyl (C=S) groups is 1. The van der Waals surface area contributed by atoms with Crippen molar-refractivity contribution in [2.45, 2.75) is 0 Å². The Kier molecular flexibility index (Phi) is 3.42. The van der Waals surface area contributed by atoms with Crippen LogP contribution in [0.5, 0.6) is 0 Å². The van der Waals surface area contributed by atoms with Gasteiger partial charge in [-0.3, -0.25) is 4.79 Å². The number of hydrogen-bond acceptors (Lipinski definition) is 4. The van der Waals surface area contributed by atoms with Crippen molar-refractivity contribution in [1.82, 2.24) is 5.32 Å². The van der Waals surface area contributed by atoms with E-state index >= 15 is 0 Å². The molecule has 0 radical (unpaired) electrons. The lowest BCUT2D eigenvalue weighted by Crippen LogP contribution is -2.17. The van der Waals surface area contributed by atoms with E-state index in [0.717, 1.165) is 5.56 Å². The fourth-order valence-electron chi connectivity index (χ4n) is 1.75. The number of rotatable bonds is 2. The van der Waals surface area contributed by atoms with E-state index in [1.807, 2.05) is 0 Å². The zero-order valence-corrected chi connectivity index (χ0v) is 11.7. The Morgan fingerprint density at radius 3 is 2.60 bits per heavy atom. The average Bonchev–Trinajstić information content (AvgIpc) is 2.98. The van der Waals surface area contributed by atoms with Crippen LogP contribution in [0.3, 0.4) is 0 Å². The zero-order chi connectivity index (χ0) is 14.1. The lowest BCUT2D eigenvalue weighted by Gasteiger charge is -1.96. The third kappa shape index (κ3) is 2.66. The Morgan fingerprint density at radius 1 is 1.20 bits per heavy atom. The Morgan fingerprint density at radius 2 is 1.95 bits per heavy atom. The third-order valence-corrected chi connectivity index (χ3v) is 3.83. The van der Waals surface area contributed by atoms with Gasteiger partial charge in [-0.05, 0) is 36.4 Å². The van der Waals surface area contributed by atoms with Gasteiger partial charge >= 0.3 is 0 Å². The van der Waals surface area contributed by atoms with Crippen molar-refractivity contribution in [3.8, 4) is 11.3 Å². The number of halogens is 1. The van der Waals surface area contributed by atoms with E-state index < -0.39 is 0 Å². The summed E-state index contributed by atoms with van der Waals surface area (Å²) in [6.07, 6.45) is 1.63. The van der Waals surface area contributed by atoms with Crippen LogP contribution in [0, 0.1) is 5.82 Å². The van der Waals surface area contributed by atoms with Gasteiger partial charge in [0.2, 0.25) is 0 Å². The van der Waals surface area contributed by atoms with Crippen LogP contribution in [-0.4, -0.2) is 10.2 Å². The molecule has 2 aromatic rings. The molecule has 6 heteroatoms. The van der Waals surface area contributed by atoms with Gasteiger partial charge in [-0.2, -0.15) is 0 Å². The van der Waals surface area contributed by atoms with Crippen molar-refractivity contribution in [1.29, 1.82) is 0 Å². The molecule has 1 aliphatic rings. The third-order valence-electron chi connectivity index (χ3n) is 2.67. The molecule has 0 aliphatic carbocycles. The van der Waals surface area contributed by atoms with Crippen molar-refractivity contribution in [2.75, 3.05) is 0 Å². The topological polar surface area (TPSA) is 42.2 Å². The number of furan rings is 1. The van der Waals surface area contributed by atoms with E-state index in [-0.39, 0.29) is 11.7 Å². The highest BCUT2D eigenvalue weighted by molar-refractivity contribution is 8.26. The van der Waals surface area contributed by atoms with Crippen LogP contribution in [0.25, 0.3) is 17.4 Å². The highest BCUT2D eigenvalue weighted by atomic mass is 32.2. The molecule has 0 bridgehead atoms. The number of thioether (sulfide) groups is 1. The predicted molar refractivity (Wildman–Crippen MR) is 80.4 cm³/mol. The molecule has 1 aromatic heterocycles. The largest absolute Gasteiger partial charge is 0.457 e. The molecule has 0 unspecified atom stereocenters. The van der Waals surface area contributed by atoms with Crippen molar-refractivity contribution < 1.29 is 13.6 Å². The minimum absolute atomic E-state index is 0.222. The van der Waals surface area contributed by atoms with Gasteiger partial charge in [0.05, 0.1) is 4.91 Å². The minimum Gasteiger partial charge on any atom is -0.457 e. The van der Waals surface area contributed by atoms with E-state index in [9.17, 15) is 9.18 Å². The fraction of sp³-hybridized carbons (Fsp3) is 0. The van der Waals surface area contributed by atoms with Gasteiger partial charge in [0.1, 0.15) is 21.7 Å². The van der Waals surface area contributed by atoms with Crippen LogP contribution in [0.1, 0.15) is 5.76 Å². The van der Waals surface area contributed by atoms with Crippen molar-refractivity contribution in [3.63, 3.8) is 0 Å². The standard InChI is InChI=1S/C14H8FNO2S2/c15-9-3-1-8(2-4-9)11-6-5-10(18-11)7-12-13(17)16-14(19)20-12/h1-7H,(H,16,17,19)/b12-7-. The summed E-state index contributed by atoms with van der Waals surface area (Å²) in [6.45, 7) is 0. The maximum Gasteiger partial charge on any atom is 0.263 e. The smallest absolute Gasteiger partial charge is 0.263 e. The molecule has 100 valence electrons. The van der Waals surface area contributed by atoms with Crippen LogP contribution < -0.4 is 5.32 Å². The zero-order valence-electron chi connectivity index (χ0n) is 10.1. The highest BCUT2D eigenvalue weighted by Crippen LogP contribution is 2.28. The molecule has 1 aliphatic heterocycles. The summed E-state index contributed by atoms with van der Waals surface area (Å²) in [6, 6.07) is 9.54. The summed E-state index contributed by atoms with van der Waals surface area (Å²) in [5.74, 6) is 0.643.